The number of halogens is 2. The first-order chi connectivity index (χ1) is 8.19. The monoisotopic (exact) mass is 313 g/mol. The maximum absolute atomic E-state index is 6.08. The average molecular weight is 315 g/mol. The number of hydrogen-bond acceptors (Lipinski definition) is 2. The van der Waals surface area contributed by atoms with Crippen molar-refractivity contribution in [3.63, 3.8) is 0 Å². The van der Waals surface area contributed by atoms with Crippen LogP contribution in [-0.4, -0.2) is 0 Å². The summed E-state index contributed by atoms with van der Waals surface area (Å²) in [6.07, 6.45) is 0.914. The summed E-state index contributed by atoms with van der Waals surface area (Å²) in [6.45, 7) is 2.71. The zero-order valence-corrected chi connectivity index (χ0v) is 11.8. The van der Waals surface area contributed by atoms with Gasteiger partial charge >= 0.3 is 0 Å². The summed E-state index contributed by atoms with van der Waals surface area (Å²) in [5.41, 5.74) is 0.899. The lowest BCUT2D eigenvalue weighted by Gasteiger charge is -2.07. The van der Waals surface area contributed by atoms with Crippen LogP contribution in [0.15, 0.2) is 39.2 Å². The molecule has 0 fully saturated rings. The van der Waals surface area contributed by atoms with Crippen molar-refractivity contribution in [2.45, 2.75) is 19.9 Å². The molecule has 2 rings (SSSR count). The fourth-order valence-electron chi connectivity index (χ4n) is 1.52. The summed E-state index contributed by atoms with van der Waals surface area (Å²) in [4.78, 5) is 0. The molecule has 0 aliphatic rings. The molecule has 1 N–H and O–H groups in total. The zero-order valence-electron chi connectivity index (χ0n) is 9.47. The molecule has 0 spiro atoms. The first-order valence-electron chi connectivity index (χ1n) is 5.45. The van der Waals surface area contributed by atoms with Crippen LogP contribution in [-0.2, 0) is 13.0 Å². The predicted octanol–water partition coefficient (Wildman–Crippen LogP) is 4.87. The van der Waals surface area contributed by atoms with Crippen LogP contribution in [0, 0.1) is 0 Å². The molecule has 2 nitrogen and oxygen atoms in total. The number of benzene rings is 1. The number of rotatable bonds is 4. The third-order valence-electron chi connectivity index (χ3n) is 2.45. The molecule has 4 heteroatoms. The van der Waals surface area contributed by atoms with E-state index in [0.29, 0.717) is 11.6 Å². The van der Waals surface area contributed by atoms with Crippen molar-refractivity contribution >= 4 is 33.2 Å². The van der Waals surface area contributed by atoms with E-state index in [1.165, 1.54) is 0 Å². The number of nitrogens with one attached hydrogen (secondary N) is 1. The molecule has 0 atom stereocenters. The van der Waals surface area contributed by atoms with Crippen molar-refractivity contribution in [2.24, 2.45) is 0 Å². The molecular formula is C13H13BrClNO. The van der Waals surface area contributed by atoms with Crippen LogP contribution in [0.3, 0.4) is 0 Å². The minimum absolute atomic E-state index is 0.635. The third-order valence-corrected chi connectivity index (χ3v) is 3.27. The molecule has 1 aromatic carbocycles. The Kier molecular flexibility index (Phi) is 4.13. The molecule has 90 valence electrons. The van der Waals surface area contributed by atoms with Gasteiger partial charge in [-0.25, -0.2) is 0 Å². The van der Waals surface area contributed by atoms with E-state index < -0.39 is 0 Å². The largest absolute Gasteiger partial charge is 0.464 e. The highest BCUT2D eigenvalue weighted by molar-refractivity contribution is 9.10. The van der Waals surface area contributed by atoms with E-state index >= 15 is 0 Å². The van der Waals surface area contributed by atoms with E-state index in [9.17, 15) is 0 Å². The SMILES string of the molecule is CCc1ccc(CNc2cc(Br)ccc2Cl)o1. The smallest absolute Gasteiger partial charge is 0.123 e. The van der Waals surface area contributed by atoms with Crippen LogP contribution < -0.4 is 5.32 Å². The Balaban J connectivity index is 2.04. The maximum atomic E-state index is 6.08. The normalized spacial score (nSPS) is 10.5. The lowest BCUT2D eigenvalue weighted by Crippen LogP contribution is -1.98. The van der Waals surface area contributed by atoms with Gasteiger partial charge in [0.05, 0.1) is 17.3 Å². The highest BCUT2D eigenvalue weighted by Crippen LogP contribution is 2.26. The van der Waals surface area contributed by atoms with Crippen molar-refractivity contribution in [3.05, 3.63) is 51.3 Å². The van der Waals surface area contributed by atoms with Crippen molar-refractivity contribution in [1.82, 2.24) is 0 Å². The minimum Gasteiger partial charge on any atom is -0.464 e. The van der Waals surface area contributed by atoms with E-state index in [4.69, 9.17) is 16.0 Å². The summed E-state index contributed by atoms with van der Waals surface area (Å²) in [5.74, 6) is 1.92. The summed E-state index contributed by atoms with van der Waals surface area (Å²) in [5, 5.41) is 3.96. The first-order valence-corrected chi connectivity index (χ1v) is 6.62. The van der Waals surface area contributed by atoms with Gasteiger partial charge in [0.1, 0.15) is 11.5 Å². The van der Waals surface area contributed by atoms with Crippen LogP contribution in [0.2, 0.25) is 5.02 Å². The van der Waals surface area contributed by atoms with Crippen molar-refractivity contribution in [3.8, 4) is 0 Å². The third kappa shape index (κ3) is 3.27. The van der Waals surface area contributed by atoms with Gasteiger partial charge in [0.25, 0.3) is 0 Å². The van der Waals surface area contributed by atoms with Crippen LogP contribution >= 0.6 is 27.5 Å². The van der Waals surface area contributed by atoms with E-state index in [-0.39, 0.29) is 0 Å². The fraction of sp³-hybridized carbons (Fsp3) is 0.231. The Morgan fingerprint density at radius 2 is 2.00 bits per heavy atom. The van der Waals surface area contributed by atoms with Gasteiger partial charge in [0, 0.05) is 10.9 Å². The van der Waals surface area contributed by atoms with Crippen LogP contribution in [0.5, 0.6) is 0 Å². The van der Waals surface area contributed by atoms with Gasteiger partial charge in [-0.2, -0.15) is 0 Å². The molecule has 17 heavy (non-hydrogen) atoms. The predicted molar refractivity (Wildman–Crippen MR) is 74.6 cm³/mol. The number of anilines is 1. The van der Waals surface area contributed by atoms with E-state index in [1.807, 2.05) is 30.3 Å². The minimum atomic E-state index is 0.635. The second-order valence-corrected chi connectivity index (χ2v) is 5.02. The molecule has 0 saturated heterocycles. The molecule has 0 unspecified atom stereocenters. The number of aryl methyl sites for hydroxylation is 1. The lowest BCUT2D eigenvalue weighted by atomic mass is 10.3. The summed E-state index contributed by atoms with van der Waals surface area (Å²) >= 11 is 9.50. The first kappa shape index (κ1) is 12.5. The summed E-state index contributed by atoms with van der Waals surface area (Å²) in [6, 6.07) is 9.70. The molecule has 0 amide bonds. The Labute approximate surface area is 114 Å². The maximum Gasteiger partial charge on any atom is 0.123 e. The Bertz CT molecular complexity index is 510. The lowest BCUT2D eigenvalue weighted by molar-refractivity contribution is 0.476. The molecule has 0 bridgehead atoms. The van der Waals surface area contributed by atoms with Crippen LogP contribution in [0.25, 0.3) is 0 Å². The van der Waals surface area contributed by atoms with Gasteiger partial charge in [-0.1, -0.05) is 34.5 Å². The van der Waals surface area contributed by atoms with Crippen LogP contribution in [0.4, 0.5) is 5.69 Å². The molecule has 0 radical (unpaired) electrons. The highest BCUT2D eigenvalue weighted by Gasteiger charge is 2.03. The van der Waals surface area contributed by atoms with Crippen molar-refractivity contribution in [2.75, 3.05) is 5.32 Å². The topological polar surface area (TPSA) is 25.2 Å². The second kappa shape index (κ2) is 5.61. The Morgan fingerprint density at radius 1 is 1.24 bits per heavy atom. The molecule has 0 aliphatic heterocycles. The van der Waals surface area contributed by atoms with Gasteiger partial charge in [-0.05, 0) is 30.3 Å². The van der Waals surface area contributed by atoms with E-state index in [0.717, 1.165) is 28.1 Å². The van der Waals surface area contributed by atoms with Gasteiger partial charge in [0.15, 0.2) is 0 Å². The molecular weight excluding hydrogens is 302 g/mol. The highest BCUT2D eigenvalue weighted by atomic mass is 79.9. The molecule has 0 aliphatic carbocycles. The quantitative estimate of drug-likeness (QED) is 0.871. The van der Waals surface area contributed by atoms with E-state index in [2.05, 4.69) is 28.2 Å². The van der Waals surface area contributed by atoms with Crippen LogP contribution in [0.1, 0.15) is 18.4 Å². The second-order valence-electron chi connectivity index (χ2n) is 3.70. The Morgan fingerprint density at radius 3 is 2.71 bits per heavy atom. The summed E-state index contributed by atoms with van der Waals surface area (Å²) in [7, 11) is 0. The van der Waals surface area contributed by atoms with Crippen molar-refractivity contribution in [1.29, 1.82) is 0 Å². The van der Waals surface area contributed by atoms with Crippen molar-refractivity contribution < 1.29 is 4.42 Å². The number of furan rings is 1. The molecule has 1 aromatic heterocycles. The van der Waals surface area contributed by atoms with Gasteiger partial charge in [-0.15, -0.1) is 0 Å². The number of hydrogen-bond donors (Lipinski definition) is 1. The molecule has 2 aromatic rings. The average Bonchev–Trinajstić information content (AvgIpc) is 2.78. The van der Waals surface area contributed by atoms with Gasteiger partial charge < -0.3 is 9.73 Å². The summed E-state index contributed by atoms with van der Waals surface area (Å²) < 4.78 is 6.61. The zero-order chi connectivity index (χ0) is 12.3. The molecule has 0 saturated carbocycles. The van der Waals surface area contributed by atoms with Gasteiger partial charge in [-0.3, -0.25) is 0 Å². The Hall–Kier alpha value is -0.930. The fourth-order valence-corrected chi connectivity index (χ4v) is 2.07. The standard InChI is InChI=1S/C13H13BrClNO/c1-2-10-4-5-11(17-10)8-16-13-7-9(14)3-6-12(13)15/h3-7,16H,2,8H2,1H3. The van der Waals surface area contributed by atoms with E-state index in [1.54, 1.807) is 0 Å². The van der Waals surface area contributed by atoms with Gasteiger partial charge in [0.2, 0.25) is 0 Å². The molecule has 1 heterocycles.